The highest BCUT2D eigenvalue weighted by Crippen LogP contribution is 2.22. The zero-order valence-corrected chi connectivity index (χ0v) is 16.0. The molecule has 0 radical (unpaired) electrons. The van der Waals surface area contributed by atoms with Gasteiger partial charge in [0.25, 0.3) is 5.69 Å². The molecule has 3 aromatic rings. The van der Waals surface area contributed by atoms with Crippen molar-refractivity contribution < 1.29 is 9.72 Å². The van der Waals surface area contributed by atoms with Gasteiger partial charge in [0.1, 0.15) is 11.6 Å². The lowest BCUT2D eigenvalue weighted by Crippen LogP contribution is -2.17. The lowest BCUT2D eigenvalue weighted by atomic mass is 10.2. The molecule has 2 heterocycles. The Morgan fingerprint density at radius 2 is 1.93 bits per heavy atom. The monoisotopic (exact) mass is 392 g/mol. The van der Waals surface area contributed by atoms with Crippen molar-refractivity contribution in [1.29, 1.82) is 0 Å². The van der Waals surface area contributed by atoms with E-state index in [4.69, 9.17) is 0 Å². The van der Waals surface area contributed by atoms with Crippen LogP contribution in [-0.2, 0) is 4.79 Å². The molecular weight excluding hydrogens is 372 g/mol. The molecule has 1 aromatic carbocycles. The molecule has 0 aliphatic rings. The third kappa shape index (κ3) is 5.55. The molecule has 0 bridgehead atoms. The maximum Gasteiger partial charge on any atom is 0.270 e. The topological polar surface area (TPSA) is 123 Å². The fourth-order valence-electron chi connectivity index (χ4n) is 2.60. The van der Waals surface area contributed by atoms with E-state index in [0.717, 1.165) is 5.56 Å². The van der Waals surface area contributed by atoms with E-state index in [0.29, 0.717) is 35.3 Å². The lowest BCUT2D eigenvalue weighted by Gasteiger charge is -2.09. The Morgan fingerprint density at radius 1 is 1.10 bits per heavy atom. The largest absolute Gasteiger partial charge is 0.369 e. The standard InChI is InChI=1S/C20H20N6O3/c1-13-6-7-17(22-12-13)24-19(27)8-9-21-18-10-14(2)23-20(25-18)15-4-3-5-16(11-15)26(28)29/h3-7,10-12H,8-9H2,1-2H3,(H,21,23,25)(H,22,24,27). The quantitative estimate of drug-likeness (QED) is 0.466. The summed E-state index contributed by atoms with van der Waals surface area (Å²) in [4.78, 5) is 35.5. The Kier molecular flexibility index (Phi) is 6.08. The van der Waals surface area contributed by atoms with Crippen LogP contribution in [0.25, 0.3) is 11.4 Å². The van der Waals surface area contributed by atoms with E-state index in [9.17, 15) is 14.9 Å². The highest BCUT2D eigenvalue weighted by molar-refractivity contribution is 5.90. The first kappa shape index (κ1) is 19.9. The molecule has 0 aliphatic carbocycles. The Balaban J connectivity index is 1.63. The molecule has 9 nitrogen and oxygen atoms in total. The Labute approximate surface area is 167 Å². The van der Waals surface area contributed by atoms with Gasteiger partial charge in [-0.2, -0.15) is 0 Å². The van der Waals surface area contributed by atoms with Crippen LogP contribution in [0, 0.1) is 24.0 Å². The number of nitro groups is 1. The number of rotatable bonds is 7. The average molecular weight is 392 g/mol. The summed E-state index contributed by atoms with van der Waals surface area (Å²) in [5.74, 6) is 1.26. The van der Waals surface area contributed by atoms with E-state index in [1.165, 1.54) is 12.1 Å². The van der Waals surface area contributed by atoms with Crippen molar-refractivity contribution in [2.24, 2.45) is 0 Å². The molecule has 29 heavy (non-hydrogen) atoms. The Bertz CT molecular complexity index is 1040. The van der Waals surface area contributed by atoms with Crippen molar-refractivity contribution in [3.63, 3.8) is 0 Å². The minimum atomic E-state index is -0.458. The summed E-state index contributed by atoms with van der Waals surface area (Å²) in [5.41, 5.74) is 2.25. The molecule has 0 unspecified atom stereocenters. The smallest absolute Gasteiger partial charge is 0.270 e. The summed E-state index contributed by atoms with van der Waals surface area (Å²) < 4.78 is 0. The number of carbonyl (C=O) groups is 1. The van der Waals surface area contributed by atoms with Gasteiger partial charge in [-0.05, 0) is 25.5 Å². The van der Waals surface area contributed by atoms with Gasteiger partial charge in [-0.1, -0.05) is 18.2 Å². The van der Waals surface area contributed by atoms with E-state index in [-0.39, 0.29) is 18.0 Å². The molecule has 9 heteroatoms. The van der Waals surface area contributed by atoms with E-state index >= 15 is 0 Å². The van der Waals surface area contributed by atoms with E-state index in [1.54, 1.807) is 30.5 Å². The fraction of sp³-hybridized carbons (Fsp3) is 0.200. The summed E-state index contributed by atoms with van der Waals surface area (Å²) >= 11 is 0. The third-order valence-electron chi connectivity index (χ3n) is 4.01. The van der Waals surface area contributed by atoms with Crippen LogP contribution in [0.2, 0.25) is 0 Å². The summed E-state index contributed by atoms with van der Waals surface area (Å²) in [6.45, 7) is 4.10. The molecule has 3 rings (SSSR count). The van der Waals surface area contributed by atoms with Crippen LogP contribution in [0.15, 0.2) is 48.7 Å². The zero-order valence-electron chi connectivity index (χ0n) is 16.0. The van der Waals surface area contributed by atoms with Crippen molar-refractivity contribution in [3.8, 4) is 11.4 Å². The van der Waals surface area contributed by atoms with Crippen LogP contribution < -0.4 is 10.6 Å². The summed E-state index contributed by atoms with van der Waals surface area (Å²) in [6.07, 6.45) is 1.91. The molecule has 1 amide bonds. The fourth-order valence-corrected chi connectivity index (χ4v) is 2.60. The molecule has 148 valence electrons. The number of carbonyl (C=O) groups excluding carboxylic acids is 1. The highest BCUT2D eigenvalue weighted by Gasteiger charge is 2.11. The molecule has 0 spiro atoms. The van der Waals surface area contributed by atoms with Crippen molar-refractivity contribution in [3.05, 3.63) is 70.0 Å². The number of anilines is 2. The highest BCUT2D eigenvalue weighted by atomic mass is 16.6. The summed E-state index contributed by atoms with van der Waals surface area (Å²) in [7, 11) is 0. The number of non-ortho nitro benzene ring substituents is 1. The number of benzene rings is 1. The molecular formula is C20H20N6O3. The van der Waals surface area contributed by atoms with E-state index < -0.39 is 4.92 Å². The summed E-state index contributed by atoms with van der Waals surface area (Å²) in [5, 5.41) is 16.8. The normalized spacial score (nSPS) is 10.4. The van der Waals surface area contributed by atoms with Gasteiger partial charge in [0, 0.05) is 48.6 Å². The first-order valence-corrected chi connectivity index (χ1v) is 8.97. The predicted molar refractivity (Wildman–Crippen MR) is 110 cm³/mol. The van der Waals surface area contributed by atoms with Gasteiger partial charge in [0.05, 0.1) is 4.92 Å². The van der Waals surface area contributed by atoms with Crippen molar-refractivity contribution in [1.82, 2.24) is 15.0 Å². The first-order chi connectivity index (χ1) is 13.9. The SMILES string of the molecule is Cc1ccc(NC(=O)CCNc2cc(C)nc(-c3cccc([N+](=O)[O-])c3)n2)nc1. The molecule has 2 aromatic heterocycles. The number of nitrogens with one attached hydrogen (secondary N) is 2. The van der Waals surface area contributed by atoms with Crippen molar-refractivity contribution in [2.45, 2.75) is 20.3 Å². The molecule has 0 fully saturated rings. The molecule has 0 saturated carbocycles. The second-order valence-corrected chi connectivity index (χ2v) is 6.47. The van der Waals surface area contributed by atoms with E-state index in [1.807, 2.05) is 19.9 Å². The minimum Gasteiger partial charge on any atom is -0.369 e. The number of nitro benzene ring substituents is 1. The van der Waals surface area contributed by atoms with Crippen molar-refractivity contribution >= 4 is 23.2 Å². The van der Waals surface area contributed by atoms with Crippen LogP contribution in [0.4, 0.5) is 17.3 Å². The third-order valence-corrected chi connectivity index (χ3v) is 4.01. The van der Waals surface area contributed by atoms with Crippen molar-refractivity contribution in [2.75, 3.05) is 17.2 Å². The average Bonchev–Trinajstić information content (AvgIpc) is 2.69. The number of pyridine rings is 1. The van der Waals surface area contributed by atoms with Gasteiger partial charge in [0.2, 0.25) is 5.91 Å². The molecule has 0 saturated heterocycles. The molecule has 2 N–H and O–H groups in total. The maximum absolute atomic E-state index is 12.1. The number of hydrogen-bond donors (Lipinski definition) is 2. The second-order valence-electron chi connectivity index (χ2n) is 6.47. The number of amides is 1. The Morgan fingerprint density at radius 3 is 2.66 bits per heavy atom. The first-order valence-electron chi connectivity index (χ1n) is 8.97. The molecule has 0 atom stereocenters. The van der Waals surface area contributed by atoms with Gasteiger partial charge in [-0.15, -0.1) is 0 Å². The van der Waals surface area contributed by atoms with Gasteiger partial charge < -0.3 is 10.6 Å². The second kappa shape index (κ2) is 8.87. The maximum atomic E-state index is 12.1. The van der Waals surface area contributed by atoms with Crippen LogP contribution in [0.1, 0.15) is 17.7 Å². The minimum absolute atomic E-state index is 0.0245. The number of aromatic nitrogens is 3. The van der Waals surface area contributed by atoms with Crippen LogP contribution in [0.3, 0.4) is 0 Å². The summed E-state index contributed by atoms with van der Waals surface area (Å²) in [6, 6.07) is 11.5. The lowest BCUT2D eigenvalue weighted by molar-refractivity contribution is -0.384. The van der Waals surface area contributed by atoms with Gasteiger partial charge in [0.15, 0.2) is 5.82 Å². The number of aryl methyl sites for hydroxylation is 2. The van der Waals surface area contributed by atoms with Crippen LogP contribution >= 0.6 is 0 Å². The van der Waals surface area contributed by atoms with Crippen LogP contribution in [0.5, 0.6) is 0 Å². The number of hydrogen-bond acceptors (Lipinski definition) is 7. The van der Waals surface area contributed by atoms with Gasteiger partial charge in [-0.25, -0.2) is 15.0 Å². The zero-order chi connectivity index (χ0) is 20.8. The Hall–Kier alpha value is -3.88. The van der Waals surface area contributed by atoms with Gasteiger partial charge >= 0.3 is 0 Å². The predicted octanol–water partition coefficient (Wildman–Crippen LogP) is 3.50. The molecule has 0 aliphatic heterocycles. The van der Waals surface area contributed by atoms with E-state index in [2.05, 4.69) is 25.6 Å². The number of nitrogens with zero attached hydrogens (tertiary/aromatic N) is 4. The van der Waals surface area contributed by atoms with Gasteiger partial charge in [-0.3, -0.25) is 14.9 Å². The van der Waals surface area contributed by atoms with Crippen LogP contribution in [-0.4, -0.2) is 32.3 Å².